The van der Waals surface area contributed by atoms with E-state index in [4.69, 9.17) is 21.4 Å². The summed E-state index contributed by atoms with van der Waals surface area (Å²) in [6, 6.07) is 5.84. The minimum absolute atomic E-state index is 0.0533. The van der Waals surface area contributed by atoms with Gasteiger partial charge in [-0.15, -0.1) is 0 Å². The van der Waals surface area contributed by atoms with E-state index >= 15 is 0 Å². The number of benzene rings is 1. The quantitative estimate of drug-likeness (QED) is 0.875. The van der Waals surface area contributed by atoms with E-state index in [2.05, 4.69) is 10.2 Å². The first-order chi connectivity index (χ1) is 11.1. The fraction of sp³-hybridized carbons (Fsp3) is 0.588. The molecule has 1 aromatic rings. The first-order valence-corrected chi connectivity index (χ1v) is 8.48. The maximum atomic E-state index is 12.4. The van der Waals surface area contributed by atoms with Crippen LogP contribution < -0.4 is 5.32 Å². The van der Waals surface area contributed by atoms with Crippen LogP contribution in [0.15, 0.2) is 18.2 Å². The average Bonchev–Trinajstić information content (AvgIpc) is 2.91. The predicted molar refractivity (Wildman–Crippen MR) is 88.9 cm³/mol. The van der Waals surface area contributed by atoms with E-state index in [1.807, 2.05) is 13.0 Å². The number of carbonyl (C=O) groups excluding carboxylic acids is 1. The molecule has 2 heterocycles. The van der Waals surface area contributed by atoms with Crippen molar-refractivity contribution in [2.24, 2.45) is 0 Å². The Bertz CT molecular complexity index is 581. The Morgan fingerprint density at radius 1 is 1.48 bits per heavy atom. The fourth-order valence-electron chi connectivity index (χ4n) is 3.42. The van der Waals surface area contributed by atoms with Crippen molar-refractivity contribution >= 4 is 17.5 Å². The second kappa shape index (κ2) is 7.18. The van der Waals surface area contributed by atoms with Crippen LogP contribution >= 0.6 is 11.6 Å². The lowest BCUT2D eigenvalue weighted by Crippen LogP contribution is -2.46. The zero-order valence-corrected chi connectivity index (χ0v) is 14.1. The number of nitrogens with one attached hydrogen (secondary N) is 1. The molecule has 2 fully saturated rings. The number of hydrogen-bond donors (Lipinski definition) is 2. The minimum Gasteiger partial charge on any atom is -0.396 e. The predicted octanol–water partition coefficient (Wildman–Crippen LogP) is 1.60. The molecule has 1 amide bonds. The normalized spacial score (nSPS) is 27.7. The molecule has 126 valence electrons. The summed E-state index contributed by atoms with van der Waals surface area (Å²) in [5.74, 6) is -0.0533. The highest BCUT2D eigenvalue weighted by Crippen LogP contribution is 2.24. The van der Waals surface area contributed by atoms with Gasteiger partial charge in [-0.1, -0.05) is 11.6 Å². The Hall–Kier alpha value is -1.14. The first-order valence-electron chi connectivity index (χ1n) is 8.10. The number of aryl methyl sites for hydroxylation is 1. The molecule has 2 aliphatic heterocycles. The lowest BCUT2D eigenvalue weighted by atomic mass is 10.1. The summed E-state index contributed by atoms with van der Waals surface area (Å²) in [7, 11) is 0. The third-order valence-electron chi connectivity index (χ3n) is 4.70. The molecule has 2 N–H and O–H groups in total. The van der Waals surface area contributed by atoms with Gasteiger partial charge in [0.25, 0.3) is 5.91 Å². The third kappa shape index (κ3) is 3.86. The molecule has 2 saturated heterocycles. The summed E-state index contributed by atoms with van der Waals surface area (Å²) in [6.45, 7) is 4.40. The number of ether oxygens (including phenoxy) is 1. The van der Waals surface area contributed by atoms with E-state index in [1.54, 1.807) is 12.1 Å². The molecule has 0 radical (unpaired) electrons. The van der Waals surface area contributed by atoms with Gasteiger partial charge in [-0.25, -0.2) is 0 Å². The number of rotatable bonds is 4. The summed E-state index contributed by atoms with van der Waals surface area (Å²) >= 11 is 6.01. The van der Waals surface area contributed by atoms with Crippen LogP contribution in [0.1, 0.15) is 28.8 Å². The number of morpholine rings is 1. The van der Waals surface area contributed by atoms with Gasteiger partial charge in [-0.2, -0.15) is 0 Å². The van der Waals surface area contributed by atoms with E-state index in [-0.39, 0.29) is 24.7 Å². The van der Waals surface area contributed by atoms with Crippen LogP contribution in [0.2, 0.25) is 5.02 Å². The summed E-state index contributed by atoms with van der Waals surface area (Å²) in [5, 5.41) is 12.8. The van der Waals surface area contributed by atoms with E-state index in [0.717, 1.165) is 25.1 Å². The molecule has 0 spiro atoms. The smallest absolute Gasteiger partial charge is 0.251 e. The second-order valence-electron chi connectivity index (χ2n) is 6.45. The van der Waals surface area contributed by atoms with Gasteiger partial charge in [-0.05, 0) is 43.5 Å². The van der Waals surface area contributed by atoms with E-state index < -0.39 is 0 Å². The molecular formula is C17H23ClN2O3. The molecule has 0 aliphatic carbocycles. The van der Waals surface area contributed by atoms with Crippen LogP contribution in [0, 0.1) is 6.92 Å². The Labute approximate surface area is 141 Å². The van der Waals surface area contributed by atoms with Crippen molar-refractivity contribution < 1.29 is 14.6 Å². The van der Waals surface area contributed by atoms with E-state index in [1.165, 1.54) is 0 Å². The first kappa shape index (κ1) is 16.7. The zero-order valence-electron chi connectivity index (χ0n) is 13.3. The van der Waals surface area contributed by atoms with Crippen LogP contribution in [0.4, 0.5) is 0 Å². The number of fused-ring (bicyclic) bond motifs is 1. The number of halogens is 1. The van der Waals surface area contributed by atoms with Gasteiger partial charge in [0.15, 0.2) is 0 Å². The van der Waals surface area contributed by atoms with Crippen LogP contribution in [-0.4, -0.2) is 60.4 Å². The van der Waals surface area contributed by atoms with E-state index in [0.29, 0.717) is 29.7 Å². The summed E-state index contributed by atoms with van der Waals surface area (Å²) < 4.78 is 5.77. The molecule has 2 aliphatic rings. The van der Waals surface area contributed by atoms with Crippen molar-refractivity contribution in [3.8, 4) is 0 Å². The number of aliphatic hydroxyl groups is 1. The van der Waals surface area contributed by atoms with Gasteiger partial charge >= 0.3 is 0 Å². The highest BCUT2D eigenvalue weighted by Gasteiger charge is 2.37. The third-order valence-corrected chi connectivity index (χ3v) is 5.12. The fourth-order valence-corrected chi connectivity index (χ4v) is 3.54. The molecule has 0 unspecified atom stereocenters. The van der Waals surface area contributed by atoms with Crippen molar-refractivity contribution in [3.05, 3.63) is 34.3 Å². The topological polar surface area (TPSA) is 61.8 Å². The van der Waals surface area contributed by atoms with Crippen molar-refractivity contribution in [1.29, 1.82) is 0 Å². The molecule has 6 heteroatoms. The van der Waals surface area contributed by atoms with Crippen LogP contribution in [0.25, 0.3) is 0 Å². The Morgan fingerprint density at radius 3 is 3.04 bits per heavy atom. The molecule has 1 aromatic carbocycles. The number of hydrogen-bond acceptors (Lipinski definition) is 4. The SMILES string of the molecule is Cc1cc(C(=O)N[C@@H]2C[C@H]3CO[C@@H](CCO)CN3C2)ccc1Cl. The Balaban J connectivity index is 1.57. The monoisotopic (exact) mass is 338 g/mol. The molecule has 3 rings (SSSR count). The lowest BCUT2D eigenvalue weighted by molar-refractivity contribution is -0.0566. The van der Waals surface area contributed by atoms with Gasteiger partial charge in [0.2, 0.25) is 0 Å². The molecule has 0 bridgehead atoms. The number of aliphatic hydroxyl groups excluding tert-OH is 1. The Kier molecular flexibility index (Phi) is 5.21. The van der Waals surface area contributed by atoms with Gasteiger partial charge in [0.05, 0.1) is 12.7 Å². The van der Waals surface area contributed by atoms with Crippen molar-refractivity contribution in [3.63, 3.8) is 0 Å². The average molecular weight is 339 g/mol. The number of carbonyl (C=O) groups is 1. The highest BCUT2D eigenvalue weighted by molar-refractivity contribution is 6.31. The molecule has 0 saturated carbocycles. The van der Waals surface area contributed by atoms with Crippen molar-refractivity contribution in [2.45, 2.75) is 38.0 Å². The van der Waals surface area contributed by atoms with Gasteiger partial charge in [0.1, 0.15) is 0 Å². The van der Waals surface area contributed by atoms with Crippen molar-refractivity contribution in [1.82, 2.24) is 10.2 Å². The summed E-state index contributed by atoms with van der Waals surface area (Å²) in [5.41, 5.74) is 1.55. The molecular weight excluding hydrogens is 316 g/mol. The molecule has 0 aromatic heterocycles. The zero-order chi connectivity index (χ0) is 16.4. The highest BCUT2D eigenvalue weighted by atomic mass is 35.5. The van der Waals surface area contributed by atoms with Crippen LogP contribution in [0.3, 0.4) is 0 Å². The standard InChI is InChI=1S/C17H23ClN2O3/c1-11-6-12(2-3-16(11)18)17(22)19-13-7-14-10-23-15(4-5-21)9-20(14)8-13/h2-3,6,13-15,21H,4-5,7-10H2,1H3,(H,19,22)/t13-,14+,15+/m1/s1. The van der Waals surface area contributed by atoms with Crippen molar-refractivity contribution in [2.75, 3.05) is 26.3 Å². The van der Waals surface area contributed by atoms with Gasteiger partial charge in [0, 0.05) is 42.4 Å². The van der Waals surface area contributed by atoms with E-state index in [9.17, 15) is 4.79 Å². The maximum Gasteiger partial charge on any atom is 0.251 e. The number of nitrogens with zero attached hydrogens (tertiary/aromatic N) is 1. The van der Waals surface area contributed by atoms with Gasteiger partial charge < -0.3 is 15.2 Å². The minimum atomic E-state index is -0.0533. The van der Waals surface area contributed by atoms with Crippen LogP contribution in [0.5, 0.6) is 0 Å². The maximum absolute atomic E-state index is 12.4. The molecule has 5 nitrogen and oxygen atoms in total. The summed E-state index contributed by atoms with van der Waals surface area (Å²) in [4.78, 5) is 14.8. The molecule has 3 atom stereocenters. The largest absolute Gasteiger partial charge is 0.396 e. The van der Waals surface area contributed by atoms with Crippen LogP contribution in [-0.2, 0) is 4.74 Å². The van der Waals surface area contributed by atoms with Gasteiger partial charge in [-0.3, -0.25) is 9.69 Å². The summed E-state index contributed by atoms with van der Waals surface area (Å²) in [6.07, 6.45) is 1.68. The molecule has 23 heavy (non-hydrogen) atoms. The second-order valence-corrected chi connectivity index (χ2v) is 6.85. The lowest BCUT2D eigenvalue weighted by Gasteiger charge is -2.34. The number of amides is 1. The Morgan fingerprint density at radius 2 is 2.30 bits per heavy atom.